The third-order valence-electron chi connectivity index (χ3n) is 3.65. The molecule has 0 atom stereocenters. The largest absolute Gasteiger partial charge is 0.465 e. The number of carbonyl (C=O) groups is 1. The molecule has 3 aromatic rings. The van der Waals surface area contributed by atoms with E-state index in [1.54, 1.807) is 36.6 Å². The van der Waals surface area contributed by atoms with E-state index < -0.39 is 0 Å². The van der Waals surface area contributed by atoms with Gasteiger partial charge in [0.1, 0.15) is 5.82 Å². The summed E-state index contributed by atoms with van der Waals surface area (Å²) in [4.78, 5) is 19.1. The third-order valence-corrected chi connectivity index (χ3v) is 4.54. The molecule has 2 aromatic heterocycles. The van der Waals surface area contributed by atoms with E-state index in [0.29, 0.717) is 31.3 Å². The molecule has 26 heavy (non-hydrogen) atoms. The third kappa shape index (κ3) is 5.00. The smallest absolute Gasteiger partial charge is 0.320 e. The van der Waals surface area contributed by atoms with E-state index in [1.807, 2.05) is 22.4 Å². The first kappa shape index (κ1) is 18.3. The van der Waals surface area contributed by atoms with Crippen LogP contribution >= 0.6 is 11.3 Å². The number of rotatable bonds is 8. The first-order valence-electron chi connectivity index (χ1n) is 8.25. The average Bonchev–Trinajstić information content (AvgIpc) is 3.28. The topological polar surface area (TPSA) is 55.6 Å². The van der Waals surface area contributed by atoms with Crippen LogP contribution in [0.4, 0.5) is 4.39 Å². The maximum Gasteiger partial charge on any atom is 0.320 e. The van der Waals surface area contributed by atoms with Gasteiger partial charge in [-0.1, -0.05) is 18.2 Å². The second-order valence-electron chi connectivity index (χ2n) is 5.67. The number of halogens is 1. The number of thiophene rings is 1. The number of hydrogen-bond acceptors (Lipinski definition) is 6. The van der Waals surface area contributed by atoms with Gasteiger partial charge >= 0.3 is 5.97 Å². The van der Waals surface area contributed by atoms with Crippen molar-refractivity contribution in [2.45, 2.75) is 20.0 Å². The lowest BCUT2D eigenvalue weighted by atomic mass is 10.2. The summed E-state index contributed by atoms with van der Waals surface area (Å²) in [6.07, 6.45) is 1.68. The van der Waals surface area contributed by atoms with Crippen LogP contribution in [0.15, 0.2) is 52.4 Å². The average molecular weight is 374 g/mol. The molecule has 2 heterocycles. The summed E-state index contributed by atoms with van der Waals surface area (Å²) in [6.45, 7) is 2.99. The number of esters is 1. The van der Waals surface area contributed by atoms with Gasteiger partial charge in [-0.25, -0.2) is 9.37 Å². The second-order valence-corrected chi connectivity index (χ2v) is 6.62. The monoisotopic (exact) mass is 374 g/mol. The summed E-state index contributed by atoms with van der Waals surface area (Å²) in [5, 5.41) is 1.97. The van der Waals surface area contributed by atoms with E-state index in [9.17, 15) is 9.18 Å². The first-order valence-corrected chi connectivity index (χ1v) is 9.13. The van der Waals surface area contributed by atoms with Crippen molar-refractivity contribution in [3.63, 3.8) is 0 Å². The summed E-state index contributed by atoms with van der Waals surface area (Å²) >= 11 is 1.57. The highest BCUT2D eigenvalue weighted by Gasteiger charge is 2.16. The maximum atomic E-state index is 13.1. The van der Waals surface area contributed by atoms with Crippen molar-refractivity contribution < 1.29 is 18.3 Å². The standard InChI is InChI=1S/C19H19FN2O3S/c1-2-24-19(23)13-22(11-14-5-7-15(20)8-6-14)12-18-21-10-16(25-18)17-4-3-9-26-17/h3-10H,2,11-13H2,1H3. The number of carbonyl (C=O) groups excluding carboxylic acids is 1. The second kappa shape index (κ2) is 8.73. The normalized spacial score (nSPS) is 11.0. The molecule has 0 fully saturated rings. The predicted octanol–water partition coefficient (Wildman–Crippen LogP) is 4.11. The number of ether oxygens (including phenoxy) is 1. The maximum absolute atomic E-state index is 13.1. The van der Waals surface area contributed by atoms with Crippen LogP contribution in [0, 0.1) is 5.82 Å². The Balaban J connectivity index is 1.72. The SMILES string of the molecule is CCOC(=O)CN(Cc1ccc(F)cc1)Cc1ncc(-c2cccs2)o1. The van der Waals surface area contributed by atoms with Crippen LogP contribution in [-0.4, -0.2) is 29.0 Å². The molecule has 0 radical (unpaired) electrons. The number of oxazole rings is 1. The molecule has 0 aliphatic carbocycles. The molecule has 0 amide bonds. The molecular weight excluding hydrogens is 355 g/mol. The van der Waals surface area contributed by atoms with Crippen LogP contribution in [0.25, 0.3) is 10.6 Å². The lowest BCUT2D eigenvalue weighted by Gasteiger charge is -2.19. The van der Waals surface area contributed by atoms with Gasteiger partial charge in [-0.2, -0.15) is 0 Å². The van der Waals surface area contributed by atoms with Crippen LogP contribution in [0.5, 0.6) is 0 Å². The number of benzene rings is 1. The molecule has 3 rings (SSSR count). The molecule has 7 heteroatoms. The fraction of sp³-hybridized carbons (Fsp3) is 0.263. The zero-order valence-electron chi connectivity index (χ0n) is 14.4. The lowest BCUT2D eigenvalue weighted by Crippen LogP contribution is -2.30. The quantitative estimate of drug-likeness (QED) is 0.556. The molecule has 0 unspecified atom stereocenters. The molecule has 0 saturated heterocycles. The van der Waals surface area contributed by atoms with Crippen LogP contribution in [0.1, 0.15) is 18.4 Å². The Morgan fingerprint density at radius 1 is 1.27 bits per heavy atom. The van der Waals surface area contributed by atoms with Crippen molar-refractivity contribution >= 4 is 17.3 Å². The van der Waals surface area contributed by atoms with Crippen molar-refractivity contribution in [1.29, 1.82) is 0 Å². The zero-order chi connectivity index (χ0) is 18.4. The minimum atomic E-state index is -0.320. The minimum absolute atomic E-state index is 0.0991. The molecule has 0 aliphatic heterocycles. The highest BCUT2D eigenvalue weighted by molar-refractivity contribution is 7.13. The first-order chi connectivity index (χ1) is 12.6. The van der Waals surface area contributed by atoms with Crippen LogP contribution in [-0.2, 0) is 22.6 Å². The van der Waals surface area contributed by atoms with Crippen molar-refractivity contribution in [2.24, 2.45) is 0 Å². The number of hydrogen-bond donors (Lipinski definition) is 0. The van der Waals surface area contributed by atoms with E-state index in [2.05, 4.69) is 4.98 Å². The van der Waals surface area contributed by atoms with Gasteiger partial charge in [0.05, 0.1) is 30.8 Å². The van der Waals surface area contributed by atoms with Crippen LogP contribution in [0.3, 0.4) is 0 Å². The molecule has 0 N–H and O–H groups in total. The van der Waals surface area contributed by atoms with E-state index in [1.165, 1.54) is 12.1 Å². The Bertz CT molecular complexity index is 831. The summed E-state index contributed by atoms with van der Waals surface area (Å²) in [5.41, 5.74) is 0.890. The summed E-state index contributed by atoms with van der Waals surface area (Å²) in [6, 6.07) is 10.1. The highest BCUT2D eigenvalue weighted by atomic mass is 32.1. The van der Waals surface area contributed by atoms with Crippen molar-refractivity contribution in [2.75, 3.05) is 13.2 Å². The molecule has 136 valence electrons. The fourth-order valence-corrected chi connectivity index (χ4v) is 3.18. The van der Waals surface area contributed by atoms with Gasteiger partial charge in [0, 0.05) is 6.54 Å². The molecule has 1 aromatic carbocycles. The van der Waals surface area contributed by atoms with Gasteiger partial charge in [0.2, 0.25) is 5.89 Å². The van der Waals surface area contributed by atoms with Crippen molar-refractivity contribution in [3.8, 4) is 10.6 Å². The van der Waals surface area contributed by atoms with Gasteiger partial charge in [-0.05, 0) is 36.1 Å². The molecule has 0 aliphatic rings. The molecule has 5 nitrogen and oxygen atoms in total. The van der Waals surface area contributed by atoms with Gasteiger partial charge in [0.15, 0.2) is 5.76 Å². The van der Waals surface area contributed by atoms with Crippen molar-refractivity contribution in [3.05, 3.63) is 65.2 Å². The summed E-state index contributed by atoms with van der Waals surface area (Å²) in [7, 11) is 0. The van der Waals surface area contributed by atoms with E-state index in [-0.39, 0.29) is 18.3 Å². The van der Waals surface area contributed by atoms with Gasteiger partial charge in [-0.3, -0.25) is 9.69 Å². The number of nitrogens with zero attached hydrogens (tertiary/aromatic N) is 2. The van der Waals surface area contributed by atoms with Crippen LogP contribution < -0.4 is 0 Å². The van der Waals surface area contributed by atoms with E-state index >= 15 is 0 Å². The Hall–Kier alpha value is -2.51. The summed E-state index contributed by atoms with van der Waals surface area (Å²) in [5.74, 6) is 0.603. The summed E-state index contributed by atoms with van der Waals surface area (Å²) < 4.78 is 24.0. The number of aromatic nitrogens is 1. The fourth-order valence-electron chi connectivity index (χ4n) is 2.51. The molecule has 0 bridgehead atoms. The van der Waals surface area contributed by atoms with Crippen LogP contribution in [0.2, 0.25) is 0 Å². The Labute approximate surface area is 155 Å². The Morgan fingerprint density at radius 3 is 2.77 bits per heavy atom. The Kier molecular flexibility index (Phi) is 6.14. The zero-order valence-corrected chi connectivity index (χ0v) is 15.2. The van der Waals surface area contributed by atoms with Gasteiger partial charge in [-0.15, -0.1) is 11.3 Å². The minimum Gasteiger partial charge on any atom is -0.465 e. The lowest BCUT2D eigenvalue weighted by molar-refractivity contribution is -0.144. The van der Waals surface area contributed by atoms with Gasteiger partial charge < -0.3 is 9.15 Å². The van der Waals surface area contributed by atoms with E-state index in [0.717, 1.165) is 10.4 Å². The van der Waals surface area contributed by atoms with E-state index in [4.69, 9.17) is 9.15 Å². The van der Waals surface area contributed by atoms with Gasteiger partial charge in [0.25, 0.3) is 0 Å². The molecular formula is C19H19FN2O3S. The predicted molar refractivity (Wildman–Crippen MR) is 97.0 cm³/mol. The molecule has 0 saturated carbocycles. The molecule has 0 spiro atoms. The van der Waals surface area contributed by atoms with Crippen molar-refractivity contribution in [1.82, 2.24) is 9.88 Å². The Morgan fingerprint density at radius 2 is 2.08 bits per heavy atom. The highest BCUT2D eigenvalue weighted by Crippen LogP contribution is 2.25.